The van der Waals surface area contributed by atoms with Crippen molar-refractivity contribution in [3.05, 3.63) is 24.0 Å². The van der Waals surface area contributed by atoms with E-state index in [2.05, 4.69) is 25.7 Å². The zero-order valence-corrected chi connectivity index (χ0v) is 7.85. The van der Waals surface area contributed by atoms with Crippen LogP contribution in [-0.2, 0) is 4.79 Å². The summed E-state index contributed by atoms with van der Waals surface area (Å²) in [5.74, 6) is 0.906. The summed E-state index contributed by atoms with van der Waals surface area (Å²) in [5.41, 5.74) is 2.01. The normalized spacial score (nSPS) is 32.2. The van der Waals surface area contributed by atoms with Gasteiger partial charge in [0.05, 0.1) is 0 Å². The molecule has 1 rings (SSSR count). The second-order valence-electron chi connectivity index (χ2n) is 3.44. The van der Waals surface area contributed by atoms with Gasteiger partial charge in [-0.2, -0.15) is 0 Å². The van der Waals surface area contributed by atoms with E-state index in [0.717, 1.165) is 11.4 Å². The third kappa shape index (κ3) is 1.58. The fourth-order valence-corrected chi connectivity index (χ4v) is 1.37. The summed E-state index contributed by atoms with van der Waals surface area (Å²) in [4.78, 5) is 10.8. The maximum atomic E-state index is 10.8. The molecule has 0 radical (unpaired) electrons. The third-order valence-corrected chi connectivity index (χ3v) is 2.45. The van der Waals surface area contributed by atoms with Crippen LogP contribution in [0.3, 0.4) is 0 Å². The van der Waals surface area contributed by atoms with Crippen molar-refractivity contribution in [3.8, 4) is 0 Å². The lowest BCUT2D eigenvalue weighted by molar-refractivity contribution is -0.112. The Hall–Kier alpha value is -1.05. The third-order valence-electron chi connectivity index (χ3n) is 2.45. The highest BCUT2D eigenvalue weighted by Gasteiger charge is 2.27. The monoisotopic (exact) mass is 165 g/mol. The van der Waals surface area contributed by atoms with Gasteiger partial charge in [0, 0.05) is 29.3 Å². The molecular formula is C10H15NO. The van der Waals surface area contributed by atoms with Crippen molar-refractivity contribution in [1.29, 1.82) is 0 Å². The van der Waals surface area contributed by atoms with Gasteiger partial charge in [-0.1, -0.05) is 20.4 Å². The van der Waals surface area contributed by atoms with Gasteiger partial charge >= 0.3 is 0 Å². The van der Waals surface area contributed by atoms with Gasteiger partial charge in [0.2, 0.25) is 0 Å². The molecule has 0 aromatic heterocycles. The fraction of sp³-hybridized carbons (Fsp3) is 0.500. The average molecular weight is 165 g/mol. The molecule has 1 heterocycles. The summed E-state index contributed by atoms with van der Waals surface area (Å²) in [5, 5.41) is 3.13. The highest BCUT2D eigenvalue weighted by Crippen LogP contribution is 2.30. The summed E-state index contributed by atoms with van der Waals surface area (Å²) in [7, 11) is 0. The van der Waals surface area contributed by atoms with Crippen molar-refractivity contribution in [2.24, 2.45) is 11.8 Å². The van der Waals surface area contributed by atoms with Gasteiger partial charge in [-0.15, -0.1) is 0 Å². The molecule has 0 aromatic rings. The SMILES string of the molecule is C=C1N/C(=C\C(C)=O)[C@@H](C)[C@H]1C. The van der Waals surface area contributed by atoms with Crippen molar-refractivity contribution < 1.29 is 4.79 Å². The molecule has 0 aliphatic carbocycles. The van der Waals surface area contributed by atoms with Crippen molar-refractivity contribution in [1.82, 2.24) is 5.32 Å². The average Bonchev–Trinajstić information content (AvgIpc) is 2.17. The Morgan fingerprint density at radius 1 is 1.50 bits per heavy atom. The second-order valence-corrected chi connectivity index (χ2v) is 3.44. The van der Waals surface area contributed by atoms with E-state index in [9.17, 15) is 4.79 Å². The van der Waals surface area contributed by atoms with Crippen molar-refractivity contribution in [3.63, 3.8) is 0 Å². The maximum Gasteiger partial charge on any atom is 0.154 e. The summed E-state index contributed by atoms with van der Waals surface area (Å²) in [6, 6.07) is 0. The molecule has 0 amide bonds. The number of carbonyl (C=O) groups excluding carboxylic acids is 1. The van der Waals surface area contributed by atoms with Crippen LogP contribution in [0.1, 0.15) is 20.8 Å². The van der Waals surface area contributed by atoms with Crippen LogP contribution in [-0.4, -0.2) is 5.78 Å². The van der Waals surface area contributed by atoms with Gasteiger partial charge < -0.3 is 5.32 Å². The Morgan fingerprint density at radius 2 is 2.08 bits per heavy atom. The topological polar surface area (TPSA) is 29.1 Å². The highest BCUT2D eigenvalue weighted by molar-refractivity contribution is 5.88. The van der Waals surface area contributed by atoms with Crippen LogP contribution in [0.4, 0.5) is 0 Å². The van der Waals surface area contributed by atoms with E-state index in [-0.39, 0.29) is 5.78 Å². The van der Waals surface area contributed by atoms with E-state index in [1.165, 1.54) is 0 Å². The van der Waals surface area contributed by atoms with Crippen LogP contribution in [0, 0.1) is 11.8 Å². The summed E-state index contributed by atoms with van der Waals surface area (Å²) < 4.78 is 0. The van der Waals surface area contributed by atoms with E-state index in [1.54, 1.807) is 13.0 Å². The number of carbonyl (C=O) groups is 1. The Bertz CT molecular complexity index is 253. The minimum atomic E-state index is 0.0891. The lowest BCUT2D eigenvalue weighted by atomic mass is 9.95. The van der Waals surface area contributed by atoms with Gasteiger partial charge in [-0.3, -0.25) is 4.79 Å². The number of hydrogen-bond acceptors (Lipinski definition) is 2. The van der Waals surface area contributed by atoms with Gasteiger partial charge in [-0.25, -0.2) is 0 Å². The first kappa shape index (κ1) is 9.04. The molecule has 0 unspecified atom stereocenters. The molecule has 2 atom stereocenters. The largest absolute Gasteiger partial charge is 0.362 e. The minimum absolute atomic E-state index is 0.0891. The fourth-order valence-electron chi connectivity index (χ4n) is 1.37. The lowest BCUT2D eigenvalue weighted by Crippen LogP contribution is -2.05. The Labute approximate surface area is 73.4 Å². The smallest absolute Gasteiger partial charge is 0.154 e. The number of rotatable bonds is 1. The lowest BCUT2D eigenvalue weighted by Gasteiger charge is -2.06. The summed E-state index contributed by atoms with van der Waals surface area (Å²) in [6.07, 6.45) is 1.65. The van der Waals surface area contributed by atoms with Gasteiger partial charge in [0.25, 0.3) is 0 Å². The van der Waals surface area contributed by atoms with E-state index < -0.39 is 0 Å². The molecule has 0 bridgehead atoms. The maximum absolute atomic E-state index is 10.8. The molecule has 1 N–H and O–H groups in total. The zero-order valence-electron chi connectivity index (χ0n) is 7.85. The predicted molar refractivity (Wildman–Crippen MR) is 49.4 cm³/mol. The Balaban J connectivity index is 2.84. The number of allylic oxidation sites excluding steroid dienone is 3. The first-order valence-corrected chi connectivity index (χ1v) is 4.20. The summed E-state index contributed by atoms with van der Waals surface area (Å²) >= 11 is 0. The number of ketones is 1. The minimum Gasteiger partial charge on any atom is -0.362 e. The first-order chi connectivity index (χ1) is 5.52. The molecule has 1 fully saturated rings. The van der Waals surface area contributed by atoms with Crippen LogP contribution in [0.15, 0.2) is 24.0 Å². The molecule has 0 aromatic carbocycles. The van der Waals surface area contributed by atoms with Crippen LogP contribution < -0.4 is 5.32 Å². The Kier molecular flexibility index (Phi) is 2.36. The molecule has 0 saturated carbocycles. The van der Waals surface area contributed by atoms with Crippen LogP contribution >= 0.6 is 0 Å². The van der Waals surface area contributed by atoms with E-state index >= 15 is 0 Å². The van der Waals surface area contributed by atoms with E-state index in [1.807, 2.05) is 0 Å². The quantitative estimate of drug-likeness (QED) is 0.601. The molecule has 1 saturated heterocycles. The molecule has 0 spiro atoms. The van der Waals surface area contributed by atoms with Crippen LogP contribution in [0.2, 0.25) is 0 Å². The number of nitrogens with one attached hydrogen (secondary N) is 1. The standard InChI is InChI=1S/C10H15NO/c1-6(12)5-10-8(3)7(2)9(4)11-10/h5,7-8,11H,4H2,1-3H3/b10-5-/t7-,8+/m1/s1. The van der Waals surface area contributed by atoms with Crippen molar-refractivity contribution >= 4 is 5.78 Å². The van der Waals surface area contributed by atoms with Gasteiger partial charge in [-0.05, 0) is 6.92 Å². The van der Waals surface area contributed by atoms with Crippen LogP contribution in [0.5, 0.6) is 0 Å². The second kappa shape index (κ2) is 3.13. The van der Waals surface area contributed by atoms with Crippen molar-refractivity contribution in [2.45, 2.75) is 20.8 Å². The molecular weight excluding hydrogens is 150 g/mol. The van der Waals surface area contributed by atoms with E-state index in [4.69, 9.17) is 0 Å². The predicted octanol–water partition coefficient (Wildman–Crippen LogP) is 1.85. The molecule has 2 heteroatoms. The first-order valence-electron chi connectivity index (χ1n) is 4.20. The molecule has 66 valence electrons. The summed E-state index contributed by atoms with van der Waals surface area (Å²) in [6.45, 7) is 9.66. The van der Waals surface area contributed by atoms with E-state index in [0.29, 0.717) is 11.8 Å². The Morgan fingerprint density at radius 3 is 2.42 bits per heavy atom. The molecule has 1 aliphatic heterocycles. The molecule has 12 heavy (non-hydrogen) atoms. The number of hydrogen-bond donors (Lipinski definition) is 1. The molecule has 1 aliphatic rings. The van der Waals surface area contributed by atoms with Gasteiger partial charge in [0.15, 0.2) is 5.78 Å². The molecule has 2 nitrogen and oxygen atoms in total. The van der Waals surface area contributed by atoms with Gasteiger partial charge in [0.1, 0.15) is 0 Å². The zero-order chi connectivity index (χ0) is 9.30. The highest BCUT2D eigenvalue weighted by atomic mass is 16.1. The van der Waals surface area contributed by atoms with Crippen LogP contribution in [0.25, 0.3) is 0 Å². The van der Waals surface area contributed by atoms with Crippen molar-refractivity contribution in [2.75, 3.05) is 0 Å².